The van der Waals surface area contributed by atoms with Crippen molar-refractivity contribution in [2.24, 2.45) is 5.92 Å². The summed E-state index contributed by atoms with van der Waals surface area (Å²) in [5.74, 6) is 0.00971. The molecule has 0 radical (unpaired) electrons. The summed E-state index contributed by atoms with van der Waals surface area (Å²) in [4.78, 5) is 11.7. The molecule has 0 amide bonds. The monoisotopic (exact) mass is 335 g/mol. The maximum atomic E-state index is 12.2. The highest BCUT2D eigenvalue weighted by molar-refractivity contribution is 7.56. The fraction of sp³-hybridized carbons (Fsp3) is 0.933. The van der Waals surface area contributed by atoms with Gasteiger partial charge in [-0.3, -0.25) is 9.36 Å². The molecule has 3 atom stereocenters. The molecule has 22 heavy (non-hydrogen) atoms. The molecule has 0 aromatic rings. The first-order valence-electron chi connectivity index (χ1n) is 8.21. The molecule has 1 rings (SSSR count). The molecule has 6 nitrogen and oxygen atoms in total. The van der Waals surface area contributed by atoms with E-state index in [1.54, 1.807) is 0 Å². The van der Waals surface area contributed by atoms with E-state index < -0.39 is 13.5 Å². The Morgan fingerprint density at radius 3 is 2.82 bits per heavy atom. The summed E-state index contributed by atoms with van der Waals surface area (Å²) in [6, 6.07) is 0. The van der Waals surface area contributed by atoms with Gasteiger partial charge in [-0.15, -0.1) is 0 Å². The third kappa shape index (κ3) is 8.28. The quantitative estimate of drug-likeness (QED) is 0.462. The molecule has 0 saturated carbocycles. The first kappa shape index (κ1) is 19.6. The summed E-state index contributed by atoms with van der Waals surface area (Å²) in [6.07, 6.45) is 5.08. The van der Waals surface area contributed by atoms with Crippen LogP contribution in [0.15, 0.2) is 0 Å². The van der Waals surface area contributed by atoms with Crippen LogP contribution in [0.5, 0.6) is 0 Å². The van der Waals surface area contributed by atoms with Gasteiger partial charge in [-0.05, 0) is 25.2 Å². The normalized spacial score (nSPS) is 22.2. The standard InChI is InChI=1S/C15H30NO5P/c1-4-7-13(5-2)11-20-15(17)10-16-22(3,18)21-12-14-8-6-9-19-14/h13-14H,4-12H2,1-3H3,(H,16,18)/t13?,14-,22?/m0/s1. The average Bonchev–Trinajstić information content (AvgIpc) is 3.01. The lowest BCUT2D eigenvalue weighted by Crippen LogP contribution is -2.26. The van der Waals surface area contributed by atoms with Crippen LogP contribution in [0.1, 0.15) is 46.0 Å². The molecule has 1 heterocycles. The summed E-state index contributed by atoms with van der Waals surface area (Å²) in [5.41, 5.74) is 0. The number of hydrogen-bond donors (Lipinski definition) is 1. The molecule has 0 spiro atoms. The summed E-state index contributed by atoms with van der Waals surface area (Å²) >= 11 is 0. The van der Waals surface area contributed by atoms with E-state index in [1.165, 1.54) is 6.66 Å². The fourth-order valence-electron chi connectivity index (χ4n) is 2.33. The van der Waals surface area contributed by atoms with Gasteiger partial charge in [0.15, 0.2) is 0 Å². The average molecular weight is 335 g/mol. The zero-order valence-corrected chi connectivity index (χ0v) is 14.9. The Hall–Kier alpha value is -0.420. The predicted molar refractivity (Wildman–Crippen MR) is 86.1 cm³/mol. The number of nitrogens with one attached hydrogen (secondary N) is 1. The second-order valence-corrected chi connectivity index (χ2v) is 8.12. The van der Waals surface area contributed by atoms with E-state index in [9.17, 15) is 9.36 Å². The molecule has 7 heteroatoms. The maximum Gasteiger partial charge on any atom is 0.320 e. The summed E-state index contributed by atoms with van der Waals surface area (Å²) in [7, 11) is -3.00. The van der Waals surface area contributed by atoms with Crippen LogP contribution in [0.3, 0.4) is 0 Å². The lowest BCUT2D eigenvalue weighted by molar-refractivity contribution is -0.143. The third-order valence-electron chi connectivity index (χ3n) is 3.80. The van der Waals surface area contributed by atoms with Gasteiger partial charge in [0.1, 0.15) is 6.54 Å². The van der Waals surface area contributed by atoms with Gasteiger partial charge in [0.05, 0.1) is 19.3 Å². The number of carbonyl (C=O) groups excluding carboxylic acids is 1. The van der Waals surface area contributed by atoms with Gasteiger partial charge < -0.3 is 14.0 Å². The molecule has 1 saturated heterocycles. The topological polar surface area (TPSA) is 73.9 Å². The molecule has 1 aliphatic heterocycles. The Labute approximate surface area is 133 Å². The lowest BCUT2D eigenvalue weighted by Gasteiger charge is -2.18. The molecular weight excluding hydrogens is 305 g/mol. The molecule has 130 valence electrons. The smallest absolute Gasteiger partial charge is 0.320 e. The predicted octanol–water partition coefficient (Wildman–Crippen LogP) is 2.96. The number of hydrogen-bond acceptors (Lipinski definition) is 5. The summed E-state index contributed by atoms with van der Waals surface area (Å²) in [6.45, 7) is 7.04. The number of rotatable bonds is 11. The highest BCUT2D eigenvalue weighted by Gasteiger charge is 2.22. The minimum absolute atomic E-state index is 0.0152. The number of carbonyl (C=O) groups is 1. The van der Waals surface area contributed by atoms with Crippen LogP contribution in [-0.4, -0.2) is 45.1 Å². The van der Waals surface area contributed by atoms with Crippen molar-refractivity contribution in [1.29, 1.82) is 0 Å². The van der Waals surface area contributed by atoms with Crippen molar-refractivity contribution < 1.29 is 23.4 Å². The first-order valence-corrected chi connectivity index (χ1v) is 10.3. The molecule has 1 aliphatic rings. The molecule has 0 aromatic carbocycles. The van der Waals surface area contributed by atoms with E-state index in [0.717, 1.165) is 38.7 Å². The van der Waals surface area contributed by atoms with Crippen molar-refractivity contribution in [3.05, 3.63) is 0 Å². The minimum atomic E-state index is -3.00. The van der Waals surface area contributed by atoms with E-state index >= 15 is 0 Å². The Morgan fingerprint density at radius 1 is 1.45 bits per heavy atom. The van der Waals surface area contributed by atoms with Gasteiger partial charge >= 0.3 is 5.97 Å². The van der Waals surface area contributed by atoms with Crippen LogP contribution >= 0.6 is 7.52 Å². The van der Waals surface area contributed by atoms with E-state index in [0.29, 0.717) is 19.1 Å². The number of ether oxygens (including phenoxy) is 2. The van der Waals surface area contributed by atoms with Crippen molar-refractivity contribution in [1.82, 2.24) is 5.09 Å². The molecular formula is C15H30NO5P. The molecule has 0 bridgehead atoms. The molecule has 2 unspecified atom stereocenters. The summed E-state index contributed by atoms with van der Waals surface area (Å²) in [5, 5.41) is 2.66. The van der Waals surface area contributed by atoms with Crippen LogP contribution in [0.4, 0.5) is 0 Å². The lowest BCUT2D eigenvalue weighted by atomic mass is 10.0. The van der Waals surface area contributed by atoms with Crippen molar-refractivity contribution in [3.8, 4) is 0 Å². The van der Waals surface area contributed by atoms with Crippen LogP contribution in [0.2, 0.25) is 0 Å². The van der Waals surface area contributed by atoms with Crippen LogP contribution in [-0.2, 0) is 23.4 Å². The number of esters is 1. The molecule has 0 aliphatic carbocycles. The van der Waals surface area contributed by atoms with Gasteiger partial charge in [-0.2, -0.15) is 0 Å². The van der Waals surface area contributed by atoms with Crippen molar-refractivity contribution >= 4 is 13.5 Å². The van der Waals surface area contributed by atoms with Gasteiger partial charge in [-0.1, -0.05) is 26.7 Å². The zero-order chi connectivity index (χ0) is 16.4. The van der Waals surface area contributed by atoms with Gasteiger partial charge in [0.2, 0.25) is 0 Å². The van der Waals surface area contributed by atoms with Gasteiger partial charge in [0, 0.05) is 13.3 Å². The van der Waals surface area contributed by atoms with Gasteiger partial charge in [-0.25, -0.2) is 5.09 Å². The second kappa shape index (κ2) is 10.4. The Bertz CT molecular complexity index is 371. The van der Waals surface area contributed by atoms with E-state index in [4.69, 9.17) is 14.0 Å². The largest absolute Gasteiger partial charge is 0.464 e. The van der Waals surface area contributed by atoms with Crippen LogP contribution < -0.4 is 5.09 Å². The fourth-order valence-corrected chi connectivity index (χ4v) is 3.29. The highest BCUT2D eigenvalue weighted by atomic mass is 31.2. The second-order valence-electron chi connectivity index (χ2n) is 5.86. The first-order chi connectivity index (χ1) is 10.5. The molecule has 1 N–H and O–H groups in total. The van der Waals surface area contributed by atoms with Crippen LogP contribution in [0, 0.1) is 5.92 Å². The van der Waals surface area contributed by atoms with Crippen molar-refractivity contribution in [2.75, 3.05) is 33.0 Å². The van der Waals surface area contributed by atoms with E-state index in [1.807, 2.05) is 0 Å². The third-order valence-corrected chi connectivity index (χ3v) is 5.17. The summed E-state index contributed by atoms with van der Waals surface area (Å²) < 4.78 is 28.2. The zero-order valence-electron chi connectivity index (χ0n) is 14.0. The van der Waals surface area contributed by atoms with Gasteiger partial charge in [0.25, 0.3) is 7.52 Å². The van der Waals surface area contributed by atoms with E-state index in [2.05, 4.69) is 18.9 Å². The van der Waals surface area contributed by atoms with Crippen LogP contribution in [0.25, 0.3) is 0 Å². The Kier molecular flexibility index (Phi) is 9.25. The Balaban J connectivity index is 2.19. The molecule has 1 fully saturated rings. The van der Waals surface area contributed by atoms with Crippen molar-refractivity contribution in [3.63, 3.8) is 0 Å². The maximum absolute atomic E-state index is 12.2. The van der Waals surface area contributed by atoms with Crippen molar-refractivity contribution in [2.45, 2.75) is 52.1 Å². The minimum Gasteiger partial charge on any atom is -0.464 e. The molecule has 0 aromatic heterocycles. The SMILES string of the molecule is CCCC(CC)COC(=O)CNP(C)(=O)OC[C@@H]1CCCO1. The highest BCUT2D eigenvalue weighted by Crippen LogP contribution is 2.37. The Morgan fingerprint density at radius 2 is 2.23 bits per heavy atom. The van der Waals surface area contributed by atoms with E-state index in [-0.39, 0.29) is 12.6 Å².